The highest BCUT2D eigenvalue weighted by Crippen LogP contribution is 2.32. The maximum atomic E-state index is 11.1. The van der Waals surface area contributed by atoms with E-state index >= 15 is 0 Å². The van der Waals surface area contributed by atoms with Gasteiger partial charge in [0.2, 0.25) is 0 Å². The number of aldehydes is 1. The molecule has 1 aromatic carbocycles. The lowest BCUT2D eigenvalue weighted by molar-refractivity contribution is 0.111. The number of carbonyl (C=O) groups is 1. The number of carbonyl (C=O) groups excluding carboxylic acids is 1. The Kier molecular flexibility index (Phi) is 3.49. The van der Waals surface area contributed by atoms with Gasteiger partial charge in [-0.15, -0.1) is 0 Å². The molecule has 10 heteroatoms. The zero-order valence-electron chi connectivity index (χ0n) is 8.85. The van der Waals surface area contributed by atoms with Crippen molar-refractivity contribution in [3.05, 3.63) is 17.2 Å². The van der Waals surface area contributed by atoms with Gasteiger partial charge >= 0.3 is 0 Å². The van der Waals surface area contributed by atoms with Crippen LogP contribution in [0.15, 0.2) is 15.9 Å². The molecule has 0 atom stereocenters. The second kappa shape index (κ2) is 4.31. The first kappa shape index (κ1) is 14.6. The predicted octanol–water partition coefficient (Wildman–Crippen LogP) is 0.00652. The molecule has 8 nitrogen and oxygen atoms in total. The number of phenolic OH excluding ortho intramolecular Hbond substituents is 1. The Morgan fingerprint density at radius 2 is 1.61 bits per heavy atom. The monoisotopic (exact) mass is 296 g/mol. The second-order valence-corrected chi connectivity index (χ2v) is 6.08. The average Bonchev–Trinajstić information content (AvgIpc) is 2.17. The summed E-state index contributed by atoms with van der Waals surface area (Å²) in [5.41, 5.74) is -1.36. The largest absolute Gasteiger partial charge is 0.508 e. The number of rotatable bonds is 3. The van der Waals surface area contributed by atoms with Crippen LogP contribution in [0.3, 0.4) is 0 Å². The normalized spacial score (nSPS) is 12.4. The Hall–Kier alpha value is -1.49. The molecule has 18 heavy (non-hydrogen) atoms. The van der Waals surface area contributed by atoms with Crippen molar-refractivity contribution in [1.82, 2.24) is 0 Å². The van der Waals surface area contributed by atoms with Gasteiger partial charge in [0.15, 0.2) is 6.29 Å². The standard InChI is InChI=1S/C8H8O8S2/c1-4-6(10)2-7(17(11,12)13)5(3-9)8(4)18(14,15)16/h2-3,10H,1H3,(H,11,12,13)(H,14,15,16). The molecule has 0 spiro atoms. The van der Waals surface area contributed by atoms with Gasteiger partial charge in [-0.1, -0.05) is 0 Å². The molecule has 0 aromatic heterocycles. The van der Waals surface area contributed by atoms with Crippen molar-refractivity contribution in [2.45, 2.75) is 16.7 Å². The fraction of sp³-hybridized carbons (Fsp3) is 0.125. The number of benzene rings is 1. The van der Waals surface area contributed by atoms with E-state index in [1.165, 1.54) is 0 Å². The van der Waals surface area contributed by atoms with Crippen LogP contribution in [0.1, 0.15) is 15.9 Å². The van der Waals surface area contributed by atoms with Crippen molar-refractivity contribution in [2.75, 3.05) is 0 Å². The SMILES string of the molecule is Cc1c(O)cc(S(=O)(=O)O)c(C=O)c1S(=O)(=O)O. The van der Waals surface area contributed by atoms with Gasteiger partial charge in [-0.3, -0.25) is 13.9 Å². The van der Waals surface area contributed by atoms with Crippen LogP contribution < -0.4 is 0 Å². The molecule has 3 N–H and O–H groups in total. The molecule has 1 rings (SSSR count). The minimum atomic E-state index is -4.95. The maximum absolute atomic E-state index is 11.1. The first-order valence-electron chi connectivity index (χ1n) is 4.27. The molecule has 0 aliphatic carbocycles. The molecule has 0 amide bonds. The van der Waals surface area contributed by atoms with Gasteiger partial charge < -0.3 is 5.11 Å². The minimum absolute atomic E-state index is 0.154. The summed E-state index contributed by atoms with van der Waals surface area (Å²) in [6, 6.07) is 0.517. The Labute approximate surface area is 102 Å². The molecule has 0 bridgehead atoms. The Bertz CT molecular complexity index is 714. The maximum Gasteiger partial charge on any atom is 0.295 e. The summed E-state index contributed by atoms with van der Waals surface area (Å²) in [5, 5.41) is 9.36. The first-order chi connectivity index (χ1) is 8.00. The Balaban J connectivity index is 4.05. The van der Waals surface area contributed by atoms with Gasteiger partial charge in [-0.25, -0.2) is 0 Å². The van der Waals surface area contributed by atoms with Crippen LogP contribution in [0.4, 0.5) is 0 Å². The van der Waals surface area contributed by atoms with Crippen LogP contribution in [0.25, 0.3) is 0 Å². The molecular formula is C8H8O8S2. The summed E-state index contributed by atoms with van der Waals surface area (Å²) in [6.45, 7) is 1.05. The second-order valence-electron chi connectivity index (χ2n) is 3.33. The topological polar surface area (TPSA) is 146 Å². The highest BCUT2D eigenvalue weighted by atomic mass is 32.2. The molecule has 0 aliphatic heterocycles. The lowest BCUT2D eigenvalue weighted by Gasteiger charge is -2.11. The summed E-state index contributed by atoms with van der Waals surface area (Å²) in [7, 11) is -9.88. The fourth-order valence-corrected chi connectivity index (χ4v) is 3.08. The summed E-state index contributed by atoms with van der Waals surface area (Å²) < 4.78 is 61.8. The number of aromatic hydroxyl groups is 1. The van der Waals surface area contributed by atoms with Gasteiger partial charge in [0.05, 0.1) is 5.56 Å². The number of phenols is 1. The third kappa shape index (κ3) is 2.51. The van der Waals surface area contributed by atoms with Crippen molar-refractivity contribution in [1.29, 1.82) is 0 Å². The summed E-state index contributed by atoms with van der Waals surface area (Å²) >= 11 is 0. The third-order valence-electron chi connectivity index (χ3n) is 2.16. The van der Waals surface area contributed by atoms with E-state index in [1.807, 2.05) is 0 Å². The highest BCUT2D eigenvalue weighted by molar-refractivity contribution is 7.86. The molecular weight excluding hydrogens is 288 g/mol. The van der Waals surface area contributed by atoms with Crippen molar-refractivity contribution >= 4 is 26.5 Å². The van der Waals surface area contributed by atoms with Crippen LogP contribution in [0.5, 0.6) is 5.75 Å². The quantitative estimate of drug-likeness (QED) is 0.522. The van der Waals surface area contributed by atoms with Crippen molar-refractivity contribution in [3.8, 4) is 5.75 Å². The fourth-order valence-electron chi connectivity index (χ4n) is 1.40. The summed E-state index contributed by atoms with van der Waals surface area (Å²) in [5.74, 6) is -0.805. The number of hydrogen-bond donors (Lipinski definition) is 3. The van der Waals surface area contributed by atoms with Gasteiger partial charge in [-0.2, -0.15) is 16.8 Å². The van der Waals surface area contributed by atoms with E-state index in [9.17, 15) is 26.7 Å². The van der Waals surface area contributed by atoms with Gasteiger partial charge in [0, 0.05) is 11.6 Å². The van der Waals surface area contributed by atoms with E-state index in [0.717, 1.165) is 6.92 Å². The predicted molar refractivity (Wildman–Crippen MR) is 57.9 cm³/mol. The van der Waals surface area contributed by atoms with E-state index in [-0.39, 0.29) is 6.29 Å². The van der Waals surface area contributed by atoms with Gasteiger partial charge in [0.1, 0.15) is 15.5 Å². The molecule has 0 aliphatic rings. The third-order valence-corrected chi connectivity index (χ3v) is 4.09. The lowest BCUT2D eigenvalue weighted by atomic mass is 10.1. The molecule has 0 radical (unpaired) electrons. The van der Waals surface area contributed by atoms with Crippen LogP contribution in [-0.4, -0.2) is 37.3 Å². The minimum Gasteiger partial charge on any atom is -0.508 e. The Morgan fingerprint density at radius 1 is 1.11 bits per heavy atom. The molecule has 0 saturated heterocycles. The molecule has 0 saturated carbocycles. The van der Waals surface area contributed by atoms with E-state index in [2.05, 4.69) is 0 Å². The number of hydrogen-bond acceptors (Lipinski definition) is 6. The molecule has 1 aromatic rings. The van der Waals surface area contributed by atoms with Crippen LogP contribution >= 0.6 is 0 Å². The van der Waals surface area contributed by atoms with Gasteiger partial charge in [0.25, 0.3) is 20.2 Å². The summed E-state index contributed by atoms with van der Waals surface area (Å²) in [4.78, 5) is 8.60. The average molecular weight is 296 g/mol. The van der Waals surface area contributed by atoms with Crippen LogP contribution in [0, 0.1) is 6.92 Å². The first-order valence-corrected chi connectivity index (χ1v) is 7.15. The lowest BCUT2D eigenvalue weighted by Crippen LogP contribution is -2.11. The van der Waals surface area contributed by atoms with Crippen LogP contribution in [0.2, 0.25) is 0 Å². The Morgan fingerprint density at radius 3 is 1.94 bits per heavy atom. The van der Waals surface area contributed by atoms with Crippen LogP contribution in [-0.2, 0) is 20.2 Å². The van der Waals surface area contributed by atoms with Crippen molar-refractivity contribution in [2.24, 2.45) is 0 Å². The molecule has 100 valence electrons. The molecule has 0 unspecified atom stereocenters. The van der Waals surface area contributed by atoms with Crippen molar-refractivity contribution in [3.63, 3.8) is 0 Å². The van der Waals surface area contributed by atoms with E-state index < -0.39 is 46.9 Å². The van der Waals surface area contributed by atoms with Gasteiger partial charge in [-0.05, 0) is 6.92 Å². The zero-order chi connectivity index (χ0) is 14.3. The van der Waals surface area contributed by atoms with E-state index in [0.29, 0.717) is 6.07 Å². The zero-order valence-corrected chi connectivity index (χ0v) is 10.5. The highest BCUT2D eigenvalue weighted by Gasteiger charge is 2.28. The summed E-state index contributed by atoms with van der Waals surface area (Å²) in [6.07, 6.45) is -0.154. The van der Waals surface area contributed by atoms with E-state index in [4.69, 9.17) is 9.11 Å². The molecule has 0 heterocycles. The smallest absolute Gasteiger partial charge is 0.295 e. The van der Waals surface area contributed by atoms with Crippen molar-refractivity contribution < 1.29 is 35.8 Å². The molecule has 0 fully saturated rings. The van der Waals surface area contributed by atoms with E-state index in [1.54, 1.807) is 0 Å².